The molecule has 22 heavy (non-hydrogen) atoms. The van der Waals surface area contributed by atoms with Gasteiger partial charge in [0, 0.05) is 0 Å². The normalized spacial score (nSPS) is 20.9. The Balaban J connectivity index is 2.35. The third-order valence-electron chi connectivity index (χ3n) is 3.66. The Kier molecular flexibility index (Phi) is 4.35. The lowest BCUT2D eigenvalue weighted by Gasteiger charge is -2.25. The highest BCUT2D eigenvalue weighted by Gasteiger charge is 2.51. The lowest BCUT2D eigenvalue weighted by atomic mass is 9.87. The van der Waals surface area contributed by atoms with Crippen LogP contribution in [-0.2, 0) is 15.1 Å². The number of hydrogen-bond donors (Lipinski definition) is 2. The molecule has 7 heteroatoms. The molecule has 0 aromatic heterocycles. The Morgan fingerprint density at radius 2 is 1.91 bits per heavy atom. The van der Waals surface area contributed by atoms with Gasteiger partial charge in [-0.15, -0.1) is 0 Å². The molecule has 0 saturated carbocycles. The van der Waals surface area contributed by atoms with Gasteiger partial charge in [0.2, 0.25) is 0 Å². The van der Waals surface area contributed by atoms with Crippen LogP contribution in [0, 0.1) is 0 Å². The van der Waals surface area contributed by atoms with E-state index in [2.05, 4.69) is 5.32 Å². The second kappa shape index (κ2) is 6.05. The predicted molar refractivity (Wildman–Crippen MR) is 77.5 cm³/mol. The van der Waals surface area contributed by atoms with E-state index in [1.54, 1.807) is 31.2 Å². The number of hydrogen-bond acceptors (Lipinski definition) is 4. The van der Waals surface area contributed by atoms with Crippen molar-refractivity contribution in [3.63, 3.8) is 0 Å². The first-order valence-electron chi connectivity index (χ1n) is 7.03. The quantitative estimate of drug-likeness (QED) is 0.773. The number of rotatable bonds is 6. The molecule has 0 aliphatic carbocycles. The summed E-state index contributed by atoms with van der Waals surface area (Å²) in [6.45, 7) is 3.51. The molecule has 1 aliphatic heterocycles. The van der Waals surface area contributed by atoms with Crippen molar-refractivity contribution >= 4 is 17.9 Å². The van der Waals surface area contributed by atoms with Gasteiger partial charge in [-0.2, -0.15) is 0 Å². The summed E-state index contributed by atoms with van der Waals surface area (Å²) in [6, 6.07) is 6.15. The van der Waals surface area contributed by atoms with Gasteiger partial charge in [-0.25, -0.2) is 4.79 Å². The van der Waals surface area contributed by atoms with E-state index in [0.29, 0.717) is 24.3 Å². The van der Waals surface area contributed by atoms with E-state index < -0.39 is 30.0 Å². The maximum absolute atomic E-state index is 12.6. The van der Waals surface area contributed by atoms with E-state index >= 15 is 0 Å². The van der Waals surface area contributed by atoms with Crippen molar-refractivity contribution in [3.05, 3.63) is 29.8 Å². The fourth-order valence-corrected chi connectivity index (χ4v) is 2.55. The second-order valence-corrected chi connectivity index (χ2v) is 4.93. The van der Waals surface area contributed by atoms with Gasteiger partial charge >= 0.3 is 12.0 Å². The maximum atomic E-state index is 12.6. The molecule has 1 atom stereocenters. The summed E-state index contributed by atoms with van der Waals surface area (Å²) < 4.78 is 5.35. The number of carboxylic acids is 1. The van der Waals surface area contributed by atoms with Crippen LogP contribution in [0.3, 0.4) is 0 Å². The van der Waals surface area contributed by atoms with Crippen molar-refractivity contribution in [1.82, 2.24) is 10.2 Å². The van der Waals surface area contributed by atoms with Crippen LogP contribution in [0.25, 0.3) is 0 Å². The Morgan fingerprint density at radius 3 is 2.41 bits per heavy atom. The number of imide groups is 1. The molecule has 1 unspecified atom stereocenters. The molecule has 7 nitrogen and oxygen atoms in total. The number of carbonyl (C=O) groups is 3. The van der Waals surface area contributed by atoms with Crippen LogP contribution in [0.1, 0.15) is 25.8 Å². The maximum Gasteiger partial charge on any atom is 0.325 e. The van der Waals surface area contributed by atoms with Crippen LogP contribution < -0.4 is 10.1 Å². The summed E-state index contributed by atoms with van der Waals surface area (Å²) in [5.74, 6) is -1.12. The van der Waals surface area contributed by atoms with Crippen molar-refractivity contribution in [2.75, 3.05) is 13.2 Å². The first-order chi connectivity index (χ1) is 10.4. The smallest absolute Gasteiger partial charge is 0.325 e. The number of nitrogens with one attached hydrogen (secondary N) is 1. The number of nitrogens with zero attached hydrogens (tertiary/aromatic N) is 1. The fraction of sp³-hybridized carbons (Fsp3) is 0.400. The van der Waals surface area contributed by atoms with Crippen molar-refractivity contribution in [3.8, 4) is 5.75 Å². The van der Waals surface area contributed by atoms with E-state index in [4.69, 9.17) is 9.84 Å². The highest BCUT2D eigenvalue weighted by Crippen LogP contribution is 2.33. The summed E-state index contributed by atoms with van der Waals surface area (Å²) in [6.07, 6.45) is 0.321. The molecule has 1 aromatic carbocycles. The first-order valence-corrected chi connectivity index (χ1v) is 7.03. The molecule has 2 N–H and O–H groups in total. The van der Waals surface area contributed by atoms with Gasteiger partial charge in [-0.05, 0) is 31.0 Å². The second-order valence-electron chi connectivity index (χ2n) is 4.93. The van der Waals surface area contributed by atoms with Crippen LogP contribution in [0.5, 0.6) is 5.75 Å². The third-order valence-corrected chi connectivity index (χ3v) is 3.66. The van der Waals surface area contributed by atoms with Crippen LogP contribution in [-0.4, -0.2) is 41.1 Å². The number of aliphatic carboxylic acids is 1. The number of urea groups is 1. The van der Waals surface area contributed by atoms with Gasteiger partial charge in [0.15, 0.2) is 0 Å². The molecular formula is C15H18N2O5. The Hall–Kier alpha value is -2.57. The van der Waals surface area contributed by atoms with E-state index in [-0.39, 0.29) is 0 Å². The van der Waals surface area contributed by atoms with Crippen molar-refractivity contribution in [1.29, 1.82) is 0 Å². The van der Waals surface area contributed by atoms with Crippen LogP contribution >= 0.6 is 0 Å². The number of ether oxygens (including phenoxy) is 1. The van der Waals surface area contributed by atoms with Crippen molar-refractivity contribution in [2.45, 2.75) is 25.8 Å². The highest BCUT2D eigenvalue weighted by molar-refractivity contribution is 6.08. The number of carbonyl (C=O) groups excluding carboxylic acids is 2. The zero-order valence-electron chi connectivity index (χ0n) is 12.5. The Bertz CT molecular complexity index is 598. The molecule has 0 spiro atoms. The summed E-state index contributed by atoms with van der Waals surface area (Å²) in [5, 5.41) is 11.5. The zero-order chi connectivity index (χ0) is 16.3. The predicted octanol–water partition coefficient (Wildman–Crippen LogP) is 1.33. The summed E-state index contributed by atoms with van der Waals surface area (Å²) >= 11 is 0. The van der Waals surface area contributed by atoms with Gasteiger partial charge in [-0.1, -0.05) is 19.1 Å². The SMILES string of the molecule is CCOc1ccc(C2(CC)NC(=O)N(CC(=O)O)C2=O)cc1. The molecule has 3 amide bonds. The lowest BCUT2D eigenvalue weighted by Crippen LogP contribution is -2.43. The molecule has 118 valence electrons. The van der Waals surface area contributed by atoms with E-state index in [1.165, 1.54) is 0 Å². The minimum Gasteiger partial charge on any atom is -0.494 e. The van der Waals surface area contributed by atoms with Crippen molar-refractivity contribution in [2.24, 2.45) is 0 Å². The van der Waals surface area contributed by atoms with E-state index in [9.17, 15) is 14.4 Å². The fourth-order valence-electron chi connectivity index (χ4n) is 2.55. The molecule has 1 aromatic rings. The topological polar surface area (TPSA) is 95.9 Å². The van der Waals surface area contributed by atoms with Gasteiger partial charge in [0.05, 0.1) is 6.61 Å². The monoisotopic (exact) mass is 306 g/mol. The Labute approximate surface area is 127 Å². The van der Waals surface area contributed by atoms with Gasteiger partial charge in [0.25, 0.3) is 5.91 Å². The summed E-state index contributed by atoms with van der Waals surface area (Å²) in [5.41, 5.74) is -0.623. The average molecular weight is 306 g/mol. The first kappa shape index (κ1) is 15.8. The largest absolute Gasteiger partial charge is 0.494 e. The molecule has 1 saturated heterocycles. The van der Waals surface area contributed by atoms with Gasteiger partial charge < -0.3 is 15.2 Å². The van der Waals surface area contributed by atoms with Crippen LogP contribution in [0.4, 0.5) is 4.79 Å². The molecule has 0 radical (unpaired) electrons. The zero-order valence-corrected chi connectivity index (χ0v) is 12.5. The minimum atomic E-state index is -1.23. The highest BCUT2D eigenvalue weighted by atomic mass is 16.5. The molecule has 1 fully saturated rings. The molecule has 1 aliphatic rings. The van der Waals surface area contributed by atoms with Crippen LogP contribution in [0.15, 0.2) is 24.3 Å². The van der Waals surface area contributed by atoms with Crippen LogP contribution in [0.2, 0.25) is 0 Å². The van der Waals surface area contributed by atoms with E-state index in [0.717, 1.165) is 4.90 Å². The Morgan fingerprint density at radius 1 is 1.27 bits per heavy atom. The average Bonchev–Trinajstić information content (AvgIpc) is 2.73. The third kappa shape index (κ3) is 2.61. The number of carboxylic acid groups (broad SMARTS) is 1. The molecule has 2 rings (SSSR count). The minimum absolute atomic E-state index is 0.321. The lowest BCUT2D eigenvalue weighted by molar-refractivity contribution is -0.143. The summed E-state index contributed by atoms with van der Waals surface area (Å²) in [4.78, 5) is 36.0. The number of benzene rings is 1. The molecule has 1 heterocycles. The van der Waals surface area contributed by atoms with Gasteiger partial charge in [0.1, 0.15) is 17.8 Å². The standard InChI is InChI=1S/C15H18N2O5/c1-3-15(10-5-7-11(8-6-10)22-4-2)13(20)17(9-12(18)19)14(21)16-15/h5-8H,3-4,9H2,1-2H3,(H,16,21)(H,18,19). The molecule has 0 bridgehead atoms. The van der Waals surface area contributed by atoms with E-state index in [1.807, 2.05) is 6.92 Å². The molecular weight excluding hydrogens is 288 g/mol. The van der Waals surface area contributed by atoms with Crippen molar-refractivity contribution < 1.29 is 24.2 Å². The summed E-state index contributed by atoms with van der Waals surface area (Å²) in [7, 11) is 0. The number of amides is 3. The van der Waals surface area contributed by atoms with Gasteiger partial charge in [-0.3, -0.25) is 14.5 Å².